The van der Waals surface area contributed by atoms with Crippen LogP contribution in [0, 0.1) is 0 Å². The molecule has 0 radical (unpaired) electrons. The molecule has 0 fully saturated rings. The second kappa shape index (κ2) is 9.26. The van der Waals surface area contributed by atoms with Gasteiger partial charge in [-0.1, -0.05) is 24.3 Å². The van der Waals surface area contributed by atoms with Gasteiger partial charge in [0.05, 0.1) is 7.11 Å². The van der Waals surface area contributed by atoms with Gasteiger partial charge >= 0.3 is 5.97 Å². The molecule has 0 heterocycles. The lowest BCUT2D eigenvalue weighted by molar-refractivity contribution is -0.156. The van der Waals surface area contributed by atoms with E-state index in [1.807, 2.05) is 42.5 Å². The quantitative estimate of drug-likeness (QED) is 0.710. The summed E-state index contributed by atoms with van der Waals surface area (Å²) in [5.74, 6) is 0.373. The van der Waals surface area contributed by atoms with Crippen molar-refractivity contribution < 1.29 is 23.8 Å². The predicted octanol–water partition coefficient (Wildman–Crippen LogP) is 2.81. The van der Waals surface area contributed by atoms with Gasteiger partial charge in [0.2, 0.25) is 0 Å². The number of benzene rings is 2. The Kier molecular flexibility index (Phi) is 6.53. The van der Waals surface area contributed by atoms with Gasteiger partial charge in [0.15, 0.2) is 12.7 Å². The lowest BCUT2D eigenvalue weighted by atomic mass is 10.1. The summed E-state index contributed by atoms with van der Waals surface area (Å²) in [6.45, 7) is 1.59. The molecule has 1 aliphatic carbocycles. The largest absolute Gasteiger partial charge is 0.496 e. The van der Waals surface area contributed by atoms with Crippen LogP contribution in [0.4, 0.5) is 0 Å². The molecule has 0 spiro atoms. The van der Waals surface area contributed by atoms with Gasteiger partial charge in [0.25, 0.3) is 5.91 Å². The average Bonchev–Trinajstić information content (AvgIpc) is 3.18. The third kappa shape index (κ3) is 5.03. The van der Waals surface area contributed by atoms with Gasteiger partial charge in [-0.3, -0.25) is 4.79 Å². The van der Waals surface area contributed by atoms with Crippen LogP contribution in [0.3, 0.4) is 0 Å². The molecule has 3 rings (SSSR count). The lowest BCUT2D eigenvalue weighted by Gasteiger charge is -2.15. The molecule has 1 atom stereocenters. The number of aryl methyl sites for hydroxylation is 2. The molecule has 6 nitrogen and oxygen atoms in total. The Morgan fingerprint density at radius 3 is 2.71 bits per heavy atom. The normalized spacial score (nSPS) is 13.4. The van der Waals surface area contributed by atoms with Crippen molar-refractivity contribution in [1.82, 2.24) is 5.32 Å². The Morgan fingerprint density at radius 1 is 1.11 bits per heavy atom. The highest BCUT2D eigenvalue weighted by Crippen LogP contribution is 2.26. The monoisotopic (exact) mass is 383 g/mol. The fraction of sp³-hybridized carbons (Fsp3) is 0.364. The maximum Gasteiger partial charge on any atom is 0.344 e. The van der Waals surface area contributed by atoms with E-state index in [1.54, 1.807) is 7.11 Å². The van der Waals surface area contributed by atoms with Crippen molar-refractivity contribution in [3.05, 3.63) is 59.2 Å². The van der Waals surface area contributed by atoms with Crippen LogP contribution in [-0.4, -0.2) is 31.7 Å². The number of ether oxygens (including phenoxy) is 3. The molecule has 0 saturated heterocycles. The van der Waals surface area contributed by atoms with Gasteiger partial charge in [0, 0.05) is 12.1 Å². The molecular formula is C22H25NO5. The Hall–Kier alpha value is -3.02. The van der Waals surface area contributed by atoms with E-state index in [9.17, 15) is 9.59 Å². The van der Waals surface area contributed by atoms with Crippen LogP contribution in [0.15, 0.2) is 42.5 Å². The van der Waals surface area contributed by atoms with E-state index >= 15 is 0 Å². The summed E-state index contributed by atoms with van der Waals surface area (Å²) >= 11 is 0. The summed E-state index contributed by atoms with van der Waals surface area (Å²) in [5.41, 5.74) is 3.46. The van der Waals surface area contributed by atoms with Crippen molar-refractivity contribution in [2.75, 3.05) is 13.7 Å². The number of rotatable bonds is 8. The Morgan fingerprint density at radius 2 is 1.89 bits per heavy atom. The smallest absolute Gasteiger partial charge is 0.344 e. The van der Waals surface area contributed by atoms with Gasteiger partial charge in [-0.05, 0) is 55.5 Å². The summed E-state index contributed by atoms with van der Waals surface area (Å²) in [5, 5.41) is 2.74. The summed E-state index contributed by atoms with van der Waals surface area (Å²) in [7, 11) is 1.58. The highest BCUT2D eigenvalue weighted by molar-refractivity contribution is 5.83. The van der Waals surface area contributed by atoms with Crippen molar-refractivity contribution in [2.24, 2.45) is 0 Å². The first-order valence-corrected chi connectivity index (χ1v) is 9.40. The molecule has 0 bridgehead atoms. The molecule has 28 heavy (non-hydrogen) atoms. The number of methoxy groups -OCH3 is 1. The van der Waals surface area contributed by atoms with Gasteiger partial charge in [-0.2, -0.15) is 0 Å². The van der Waals surface area contributed by atoms with Crippen LogP contribution in [-0.2, 0) is 33.7 Å². The maximum atomic E-state index is 12.2. The molecule has 0 aliphatic heterocycles. The molecule has 1 amide bonds. The predicted molar refractivity (Wildman–Crippen MR) is 104 cm³/mol. The summed E-state index contributed by atoms with van der Waals surface area (Å²) < 4.78 is 15.9. The van der Waals surface area contributed by atoms with E-state index in [1.165, 1.54) is 18.1 Å². The minimum absolute atomic E-state index is 0.233. The van der Waals surface area contributed by atoms with E-state index in [4.69, 9.17) is 14.2 Å². The van der Waals surface area contributed by atoms with Gasteiger partial charge in [-0.25, -0.2) is 4.79 Å². The number of esters is 1. The SMILES string of the molecule is COc1ccccc1CNC(=O)C(C)OC(=O)COc1ccc2c(c1)CCC2. The van der Waals surface area contributed by atoms with Crippen LogP contribution < -0.4 is 14.8 Å². The molecule has 1 N–H and O–H groups in total. The van der Waals surface area contributed by atoms with Crippen LogP contribution in [0.2, 0.25) is 0 Å². The van der Waals surface area contributed by atoms with E-state index in [-0.39, 0.29) is 19.1 Å². The fourth-order valence-electron chi connectivity index (χ4n) is 3.24. The van der Waals surface area contributed by atoms with Crippen molar-refractivity contribution in [2.45, 2.75) is 38.8 Å². The third-order valence-corrected chi connectivity index (χ3v) is 4.75. The molecule has 0 aromatic heterocycles. The average molecular weight is 383 g/mol. The van der Waals surface area contributed by atoms with Crippen molar-refractivity contribution in [1.29, 1.82) is 0 Å². The van der Waals surface area contributed by atoms with E-state index in [0.717, 1.165) is 24.8 Å². The molecule has 148 valence electrons. The number of hydrogen-bond acceptors (Lipinski definition) is 5. The van der Waals surface area contributed by atoms with Crippen LogP contribution >= 0.6 is 0 Å². The second-order valence-electron chi connectivity index (χ2n) is 6.73. The van der Waals surface area contributed by atoms with Gasteiger partial charge < -0.3 is 19.5 Å². The standard InChI is InChI=1S/C22H25NO5/c1-15(22(25)23-13-18-6-3-4-9-20(18)26-2)28-21(24)14-27-19-11-10-16-7-5-8-17(16)12-19/h3-4,6,9-12,15H,5,7-8,13-14H2,1-2H3,(H,23,25). The van der Waals surface area contributed by atoms with Crippen molar-refractivity contribution in [3.8, 4) is 11.5 Å². The van der Waals surface area contributed by atoms with E-state index < -0.39 is 12.1 Å². The maximum absolute atomic E-state index is 12.2. The zero-order valence-electron chi connectivity index (χ0n) is 16.2. The molecule has 1 unspecified atom stereocenters. The van der Waals surface area contributed by atoms with Crippen LogP contribution in [0.25, 0.3) is 0 Å². The number of hydrogen-bond donors (Lipinski definition) is 1. The third-order valence-electron chi connectivity index (χ3n) is 4.75. The first kappa shape index (κ1) is 19.7. The first-order valence-electron chi connectivity index (χ1n) is 9.40. The van der Waals surface area contributed by atoms with Crippen LogP contribution in [0.1, 0.15) is 30.0 Å². The zero-order chi connectivity index (χ0) is 19.9. The minimum Gasteiger partial charge on any atom is -0.496 e. The summed E-state index contributed by atoms with van der Waals surface area (Å²) in [4.78, 5) is 24.2. The minimum atomic E-state index is -0.911. The number of fused-ring (bicyclic) bond motifs is 1. The van der Waals surface area contributed by atoms with Gasteiger partial charge in [-0.15, -0.1) is 0 Å². The number of carbonyl (C=O) groups excluding carboxylic acids is 2. The molecule has 0 saturated carbocycles. The molecule has 2 aromatic rings. The fourth-order valence-corrected chi connectivity index (χ4v) is 3.24. The highest BCUT2D eigenvalue weighted by Gasteiger charge is 2.19. The number of carbonyl (C=O) groups is 2. The lowest BCUT2D eigenvalue weighted by Crippen LogP contribution is -2.36. The Labute approximate surface area is 164 Å². The Bertz CT molecular complexity index is 849. The van der Waals surface area contributed by atoms with Crippen molar-refractivity contribution in [3.63, 3.8) is 0 Å². The number of amides is 1. The number of nitrogens with one attached hydrogen (secondary N) is 1. The van der Waals surface area contributed by atoms with E-state index in [0.29, 0.717) is 11.5 Å². The number of para-hydroxylation sites is 1. The van der Waals surface area contributed by atoms with Crippen molar-refractivity contribution >= 4 is 11.9 Å². The second-order valence-corrected chi connectivity index (χ2v) is 6.73. The van der Waals surface area contributed by atoms with Gasteiger partial charge in [0.1, 0.15) is 11.5 Å². The molecule has 1 aliphatic rings. The highest BCUT2D eigenvalue weighted by atomic mass is 16.6. The first-order chi connectivity index (χ1) is 13.6. The van der Waals surface area contributed by atoms with Crippen LogP contribution in [0.5, 0.6) is 11.5 Å². The van der Waals surface area contributed by atoms with E-state index in [2.05, 4.69) is 5.32 Å². The molecular weight excluding hydrogens is 358 g/mol. The Balaban J connectivity index is 1.43. The summed E-state index contributed by atoms with van der Waals surface area (Å²) in [6.07, 6.45) is 2.38. The molecule has 6 heteroatoms. The topological polar surface area (TPSA) is 73.9 Å². The molecule has 2 aromatic carbocycles. The summed E-state index contributed by atoms with van der Waals surface area (Å²) in [6, 6.07) is 13.3. The zero-order valence-corrected chi connectivity index (χ0v) is 16.2.